The average Bonchev–Trinajstić information content (AvgIpc) is 2.80. The lowest BCUT2D eigenvalue weighted by Gasteiger charge is -2.34. The van der Waals surface area contributed by atoms with Gasteiger partial charge in [-0.3, -0.25) is 0 Å². The van der Waals surface area contributed by atoms with Crippen molar-refractivity contribution in [1.82, 2.24) is 0 Å². The van der Waals surface area contributed by atoms with Crippen molar-refractivity contribution in [2.24, 2.45) is 0 Å². The van der Waals surface area contributed by atoms with Crippen molar-refractivity contribution in [3.63, 3.8) is 0 Å². The van der Waals surface area contributed by atoms with Crippen LogP contribution in [0.1, 0.15) is 102 Å². The Morgan fingerprint density at radius 1 is 0.774 bits per heavy atom. The molecule has 3 rings (SSSR count). The number of hydrogen-bond acceptors (Lipinski definition) is 1. The van der Waals surface area contributed by atoms with Gasteiger partial charge in [-0.2, -0.15) is 0 Å². The SMILES string of the molecule is CCCCCCOc1ccc(-c2ccc(C3CCC(F)(CCCCC)CC3)cc2)cc1. The number of alkyl halides is 1. The molecule has 1 aliphatic carbocycles. The second-order valence-electron chi connectivity index (χ2n) is 9.44. The zero-order chi connectivity index (χ0) is 21.9. The Hall–Kier alpha value is -1.83. The van der Waals surface area contributed by atoms with E-state index in [1.54, 1.807) is 0 Å². The molecule has 0 bridgehead atoms. The summed E-state index contributed by atoms with van der Waals surface area (Å²) in [6.07, 6.45) is 12.4. The molecule has 2 aromatic rings. The Labute approximate surface area is 189 Å². The van der Waals surface area contributed by atoms with Gasteiger partial charge in [0, 0.05) is 0 Å². The van der Waals surface area contributed by atoms with E-state index in [-0.39, 0.29) is 0 Å². The van der Waals surface area contributed by atoms with E-state index >= 15 is 4.39 Å². The van der Waals surface area contributed by atoms with Crippen LogP contribution in [0.2, 0.25) is 0 Å². The van der Waals surface area contributed by atoms with Gasteiger partial charge in [0.05, 0.1) is 6.61 Å². The third-order valence-corrected chi connectivity index (χ3v) is 6.95. The zero-order valence-corrected chi connectivity index (χ0v) is 19.7. The lowest BCUT2D eigenvalue weighted by Crippen LogP contribution is -2.28. The minimum Gasteiger partial charge on any atom is -0.494 e. The third-order valence-electron chi connectivity index (χ3n) is 6.95. The highest BCUT2D eigenvalue weighted by Crippen LogP contribution is 2.43. The van der Waals surface area contributed by atoms with E-state index in [0.29, 0.717) is 5.92 Å². The van der Waals surface area contributed by atoms with E-state index < -0.39 is 5.67 Å². The van der Waals surface area contributed by atoms with Crippen LogP contribution in [0.4, 0.5) is 4.39 Å². The second kappa shape index (κ2) is 12.3. The van der Waals surface area contributed by atoms with Gasteiger partial charge >= 0.3 is 0 Å². The van der Waals surface area contributed by atoms with E-state index in [1.165, 1.54) is 42.4 Å². The highest BCUT2D eigenvalue weighted by atomic mass is 19.1. The van der Waals surface area contributed by atoms with Gasteiger partial charge in [0.15, 0.2) is 0 Å². The molecule has 1 saturated carbocycles. The standard InChI is InChI=1S/C29H41FO/c1-3-5-7-9-23-31-28-16-14-26(15-17-28)24-10-12-25(13-11-24)27-18-21-29(30,22-19-27)20-8-6-4-2/h10-17,27H,3-9,18-23H2,1-2H3. The van der Waals surface area contributed by atoms with Crippen molar-refractivity contribution < 1.29 is 9.13 Å². The van der Waals surface area contributed by atoms with Gasteiger partial charge in [0.2, 0.25) is 0 Å². The molecule has 31 heavy (non-hydrogen) atoms. The van der Waals surface area contributed by atoms with Crippen LogP contribution in [-0.4, -0.2) is 12.3 Å². The molecule has 2 aromatic carbocycles. The summed E-state index contributed by atoms with van der Waals surface area (Å²) in [6, 6.07) is 17.4. The lowest BCUT2D eigenvalue weighted by molar-refractivity contribution is 0.0851. The molecule has 0 radical (unpaired) electrons. The fourth-order valence-electron chi connectivity index (χ4n) is 4.82. The maximum Gasteiger partial charge on any atom is 0.119 e. The van der Waals surface area contributed by atoms with Crippen molar-refractivity contribution in [2.45, 2.75) is 102 Å². The van der Waals surface area contributed by atoms with E-state index in [9.17, 15) is 0 Å². The maximum absolute atomic E-state index is 15.0. The molecule has 1 aliphatic rings. The molecule has 170 valence electrons. The largest absolute Gasteiger partial charge is 0.494 e. The van der Waals surface area contributed by atoms with Gasteiger partial charge in [-0.05, 0) is 73.3 Å². The quantitative estimate of drug-likeness (QED) is 0.308. The normalized spacial score (nSPS) is 21.2. The van der Waals surface area contributed by atoms with Crippen molar-refractivity contribution >= 4 is 0 Å². The van der Waals surface area contributed by atoms with E-state index in [0.717, 1.165) is 63.7 Å². The van der Waals surface area contributed by atoms with Crippen LogP contribution in [0.5, 0.6) is 5.75 Å². The van der Waals surface area contributed by atoms with Gasteiger partial charge in [-0.15, -0.1) is 0 Å². The minimum absolute atomic E-state index is 0.507. The van der Waals surface area contributed by atoms with E-state index in [4.69, 9.17) is 4.74 Å². The molecule has 0 saturated heterocycles. The van der Waals surface area contributed by atoms with Crippen molar-refractivity contribution in [1.29, 1.82) is 0 Å². The van der Waals surface area contributed by atoms with Gasteiger partial charge in [-0.1, -0.05) is 88.8 Å². The number of benzene rings is 2. The predicted molar refractivity (Wildman–Crippen MR) is 131 cm³/mol. The zero-order valence-electron chi connectivity index (χ0n) is 19.7. The molecular weight excluding hydrogens is 383 g/mol. The summed E-state index contributed by atoms with van der Waals surface area (Å²) in [5, 5.41) is 0. The molecule has 1 nitrogen and oxygen atoms in total. The predicted octanol–water partition coefficient (Wildman–Crippen LogP) is 9.26. The molecule has 0 heterocycles. The Balaban J connectivity index is 1.49. The molecule has 0 aromatic heterocycles. The number of hydrogen-bond donors (Lipinski definition) is 0. The Kier molecular flexibility index (Phi) is 9.43. The smallest absolute Gasteiger partial charge is 0.119 e. The first kappa shape index (κ1) is 23.8. The van der Waals surface area contributed by atoms with Crippen LogP contribution in [0, 0.1) is 0 Å². The molecule has 0 N–H and O–H groups in total. The van der Waals surface area contributed by atoms with Crippen molar-refractivity contribution in [3.8, 4) is 16.9 Å². The lowest BCUT2D eigenvalue weighted by atomic mass is 9.75. The van der Waals surface area contributed by atoms with Crippen LogP contribution in [-0.2, 0) is 0 Å². The molecule has 0 aliphatic heterocycles. The third kappa shape index (κ3) is 7.37. The first-order valence-corrected chi connectivity index (χ1v) is 12.7. The fraction of sp³-hybridized carbons (Fsp3) is 0.586. The van der Waals surface area contributed by atoms with Crippen LogP contribution in [0.25, 0.3) is 11.1 Å². The Morgan fingerprint density at radius 3 is 1.97 bits per heavy atom. The first-order valence-electron chi connectivity index (χ1n) is 12.7. The number of halogens is 1. The summed E-state index contributed by atoms with van der Waals surface area (Å²) in [6.45, 7) is 5.21. The highest BCUT2D eigenvalue weighted by Gasteiger charge is 2.35. The van der Waals surface area contributed by atoms with Crippen LogP contribution in [0.15, 0.2) is 48.5 Å². The van der Waals surface area contributed by atoms with Gasteiger partial charge in [0.1, 0.15) is 11.4 Å². The van der Waals surface area contributed by atoms with Gasteiger partial charge < -0.3 is 4.74 Å². The van der Waals surface area contributed by atoms with Crippen LogP contribution >= 0.6 is 0 Å². The summed E-state index contributed by atoms with van der Waals surface area (Å²) in [5.74, 6) is 1.46. The van der Waals surface area contributed by atoms with Crippen LogP contribution < -0.4 is 4.74 Å². The summed E-state index contributed by atoms with van der Waals surface area (Å²) >= 11 is 0. The molecule has 0 spiro atoms. The van der Waals surface area contributed by atoms with Gasteiger partial charge in [0.25, 0.3) is 0 Å². The summed E-state index contributed by atoms with van der Waals surface area (Å²) in [5.41, 5.74) is 2.90. The monoisotopic (exact) mass is 424 g/mol. The molecule has 1 fully saturated rings. The molecule has 2 heteroatoms. The van der Waals surface area contributed by atoms with Gasteiger partial charge in [-0.25, -0.2) is 4.39 Å². The number of unbranched alkanes of at least 4 members (excludes halogenated alkanes) is 5. The summed E-state index contributed by atoms with van der Waals surface area (Å²) < 4.78 is 20.9. The van der Waals surface area contributed by atoms with Crippen molar-refractivity contribution in [3.05, 3.63) is 54.1 Å². The topological polar surface area (TPSA) is 9.23 Å². The highest BCUT2D eigenvalue weighted by molar-refractivity contribution is 5.64. The van der Waals surface area contributed by atoms with E-state index in [2.05, 4.69) is 62.4 Å². The summed E-state index contributed by atoms with van der Waals surface area (Å²) in [4.78, 5) is 0. The molecule has 0 atom stereocenters. The van der Waals surface area contributed by atoms with Crippen LogP contribution in [0.3, 0.4) is 0 Å². The minimum atomic E-state index is -0.911. The fourth-order valence-corrected chi connectivity index (χ4v) is 4.82. The first-order chi connectivity index (χ1) is 15.1. The Bertz CT molecular complexity index is 741. The number of rotatable bonds is 12. The molecule has 0 amide bonds. The molecular formula is C29H41FO. The molecule has 0 unspecified atom stereocenters. The van der Waals surface area contributed by atoms with Crippen molar-refractivity contribution in [2.75, 3.05) is 6.61 Å². The maximum atomic E-state index is 15.0. The Morgan fingerprint density at radius 2 is 1.35 bits per heavy atom. The second-order valence-corrected chi connectivity index (χ2v) is 9.44. The van der Waals surface area contributed by atoms with E-state index in [1.807, 2.05) is 0 Å². The summed E-state index contributed by atoms with van der Waals surface area (Å²) in [7, 11) is 0. The average molecular weight is 425 g/mol. The number of ether oxygens (including phenoxy) is 1.